The molecule has 0 aliphatic rings. The molecule has 6 nitrogen and oxygen atoms in total. The second kappa shape index (κ2) is 10.7. The van der Waals surface area contributed by atoms with Crippen molar-refractivity contribution >= 4 is 65.7 Å². The molecule has 0 saturated carbocycles. The molecule has 11 rings (SSSR count). The molecule has 6 heteroatoms. The molecule has 0 amide bonds. The molecule has 4 aromatic heterocycles. The van der Waals surface area contributed by atoms with E-state index >= 15 is 0 Å². The Bertz CT molecular complexity index is 3140. The number of para-hydroxylation sites is 3. The van der Waals surface area contributed by atoms with Gasteiger partial charge < -0.3 is 13.4 Å². The van der Waals surface area contributed by atoms with E-state index in [4.69, 9.17) is 23.8 Å². The van der Waals surface area contributed by atoms with E-state index in [-0.39, 0.29) is 0 Å². The highest BCUT2D eigenvalue weighted by molar-refractivity contribution is 6.24. The van der Waals surface area contributed by atoms with E-state index in [1.807, 2.05) is 72.8 Å². The number of fused-ring (bicyclic) bond motifs is 10. The lowest BCUT2D eigenvalue weighted by molar-refractivity contribution is 0.668. The van der Waals surface area contributed by atoms with E-state index in [9.17, 15) is 0 Å². The molecular formula is C45H26N4O2. The first-order valence-corrected chi connectivity index (χ1v) is 16.9. The normalized spacial score (nSPS) is 11.9. The first-order chi connectivity index (χ1) is 25.3. The maximum Gasteiger partial charge on any atom is 0.164 e. The molecule has 0 N–H and O–H groups in total. The van der Waals surface area contributed by atoms with Gasteiger partial charge in [-0.05, 0) is 66.7 Å². The fraction of sp³-hybridized carbons (Fsp3) is 0. The van der Waals surface area contributed by atoms with Gasteiger partial charge in [0.25, 0.3) is 0 Å². The van der Waals surface area contributed by atoms with Gasteiger partial charge in [-0.2, -0.15) is 0 Å². The number of hydrogen-bond donors (Lipinski definition) is 0. The van der Waals surface area contributed by atoms with E-state index in [2.05, 4.69) is 89.5 Å². The Balaban J connectivity index is 1.16. The van der Waals surface area contributed by atoms with Crippen LogP contribution in [-0.2, 0) is 0 Å². The lowest BCUT2D eigenvalue weighted by atomic mass is 10.1. The van der Waals surface area contributed by atoms with Crippen molar-refractivity contribution in [1.82, 2.24) is 19.5 Å². The van der Waals surface area contributed by atoms with Crippen LogP contribution < -0.4 is 0 Å². The molecule has 0 aliphatic carbocycles. The van der Waals surface area contributed by atoms with Crippen LogP contribution in [0, 0.1) is 0 Å². The number of rotatable bonds is 4. The van der Waals surface area contributed by atoms with Crippen LogP contribution in [0.4, 0.5) is 0 Å². The Labute approximate surface area is 290 Å². The monoisotopic (exact) mass is 654 g/mol. The number of furan rings is 2. The van der Waals surface area contributed by atoms with Gasteiger partial charge >= 0.3 is 0 Å². The maximum atomic E-state index is 6.51. The van der Waals surface area contributed by atoms with Crippen molar-refractivity contribution in [2.45, 2.75) is 0 Å². The summed E-state index contributed by atoms with van der Waals surface area (Å²) in [6, 6.07) is 53.9. The third-order valence-corrected chi connectivity index (χ3v) is 9.84. The lowest BCUT2D eigenvalue weighted by Gasteiger charge is -2.09. The Morgan fingerprint density at radius 2 is 0.941 bits per heavy atom. The number of nitrogens with zero attached hydrogens (tertiary/aromatic N) is 4. The van der Waals surface area contributed by atoms with Crippen molar-refractivity contribution in [1.29, 1.82) is 0 Å². The summed E-state index contributed by atoms with van der Waals surface area (Å²) in [4.78, 5) is 15.1. The topological polar surface area (TPSA) is 69.9 Å². The predicted octanol–water partition coefficient (Wildman–Crippen LogP) is 11.8. The van der Waals surface area contributed by atoms with Crippen molar-refractivity contribution in [3.8, 4) is 39.9 Å². The summed E-state index contributed by atoms with van der Waals surface area (Å²) in [5, 5.41) is 6.56. The summed E-state index contributed by atoms with van der Waals surface area (Å²) in [5.41, 5.74) is 9.27. The summed E-state index contributed by atoms with van der Waals surface area (Å²) in [7, 11) is 0. The van der Waals surface area contributed by atoms with Crippen LogP contribution >= 0.6 is 0 Å². The Hall–Kier alpha value is -7.05. The largest absolute Gasteiger partial charge is 0.456 e. The first-order valence-electron chi connectivity index (χ1n) is 16.9. The zero-order valence-electron chi connectivity index (χ0n) is 27.1. The SMILES string of the molecule is c1ccc(-c2nc(-c3ccc4c(c3)oc3ccccc34)nc(-c3ccc4oc5ccc6c7ccccc7n(-c7ccccc7)c6c5c4c3)n2)cc1. The van der Waals surface area contributed by atoms with Gasteiger partial charge in [-0.15, -0.1) is 0 Å². The van der Waals surface area contributed by atoms with Gasteiger partial charge in [-0.25, -0.2) is 15.0 Å². The molecule has 0 radical (unpaired) electrons. The van der Waals surface area contributed by atoms with Crippen LogP contribution in [0.15, 0.2) is 167 Å². The van der Waals surface area contributed by atoms with Crippen LogP contribution in [0.2, 0.25) is 0 Å². The van der Waals surface area contributed by atoms with Gasteiger partial charge in [-0.1, -0.05) is 91.0 Å². The lowest BCUT2D eigenvalue weighted by Crippen LogP contribution is -2.00. The fourth-order valence-corrected chi connectivity index (χ4v) is 7.52. The standard InChI is InChI=1S/C45H26N4O2/c1-3-11-27(12-4-1)43-46-44(48-45(47-43)29-19-21-33-32-16-8-10-18-37(32)51-40(33)26-29)28-20-23-38-35(25-28)41-39(50-38)24-22-34-31-15-7-9-17-36(31)49(42(34)41)30-13-5-2-6-14-30/h1-26H. The molecule has 0 spiro atoms. The first kappa shape index (κ1) is 27.9. The zero-order valence-corrected chi connectivity index (χ0v) is 27.1. The third kappa shape index (κ3) is 4.26. The number of hydrogen-bond acceptors (Lipinski definition) is 5. The van der Waals surface area contributed by atoms with Gasteiger partial charge in [0.2, 0.25) is 0 Å². The summed E-state index contributed by atoms with van der Waals surface area (Å²) < 4.78 is 15.1. The summed E-state index contributed by atoms with van der Waals surface area (Å²) in [6.07, 6.45) is 0. The van der Waals surface area contributed by atoms with Crippen molar-refractivity contribution in [2.24, 2.45) is 0 Å². The van der Waals surface area contributed by atoms with Crippen molar-refractivity contribution < 1.29 is 8.83 Å². The van der Waals surface area contributed by atoms with Crippen LogP contribution in [0.3, 0.4) is 0 Å². The van der Waals surface area contributed by atoms with Gasteiger partial charge in [0, 0.05) is 49.3 Å². The number of aromatic nitrogens is 4. The van der Waals surface area contributed by atoms with Gasteiger partial charge in [0.05, 0.1) is 16.4 Å². The molecule has 51 heavy (non-hydrogen) atoms. The van der Waals surface area contributed by atoms with E-state index in [1.54, 1.807) is 0 Å². The maximum absolute atomic E-state index is 6.51. The van der Waals surface area contributed by atoms with Gasteiger partial charge in [0.15, 0.2) is 17.5 Å². The quantitative estimate of drug-likeness (QED) is 0.189. The molecule has 0 bridgehead atoms. The van der Waals surface area contributed by atoms with E-state index in [0.717, 1.165) is 77.3 Å². The minimum absolute atomic E-state index is 0.574. The van der Waals surface area contributed by atoms with Crippen LogP contribution in [0.25, 0.3) is 106 Å². The van der Waals surface area contributed by atoms with Crippen molar-refractivity contribution in [3.05, 3.63) is 158 Å². The molecule has 7 aromatic carbocycles. The molecule has 0 atom stereocenters. The highest BCUT2D eigenvalue weighted by Crippen LogP contribution is 2.42. The number of benzene rings is 7. The van der Waals surface area contributed by atoms with Crippen LogP contribution in [-0.4, -0.2) is 19.5 Å². The van der Waals surface area contributed by atoms with E-state index in [1.165, 1.54) is 10.8 Å². The minimum atomic E-state index is 0.574. The minimum Gasteiger partial charge on any atom is -0.456 e. The molecular weight excluding hydrogens is 629 g/mol. The van der Waals surface area contributed by atoms with Gasteiger partial charge in [0.1, 0.15) is 22.3 Å². The third-order valence-electron chi connectivity index (χ3n) is 9.84. The highest BCUT2D eigenvalue weighted by Gasteiger charge is 2.20. The van der Waals surface area contributed by atoms with E-state index in [0.29, 0.717) is 17.5 Å². The van der Waals surface area contributed by atoms with Crippen molar-refractivity contribution in [3.63, 3.8) is 0 Å². The molecule has 0 aliphatic heterocycles. The molecule has 0 fully saturated rings. The van der Waals surface area contributed by atoms with E-state index < -0.39 is 0 Å². The summed E-state index contributed by atoms with van der Waals surface area (Å²) >= 11 is 0. The average Bonchev–Trinajstić information content (AvgIpc) is 3.87. The highest BCUT2D eigenvalue weighted by atomic mass is 16.3. The van der Waals surface area contributed by atoms with Crippen LogP contribution in [0.5, 0.6) is 0 Å². The molecule has 238 valence electrons. The molecule has 0 unspecified atom stereocenters. The van der Waals surface area contributed by atoms with Crippen molar-refractivity contribution in [2.75, 3.05) is 0 Å². The van der Waals surface area contributed by atoms with Gasteiger partial charge in [-0.3, -0.25) is 0 Å². The fourth-order valence-electron chi connectivity index (χ4n) is 7.52. The smallest absolute Gasteiger partial charge is 0.164 e. The second-order valence-corrected chi connectivity index (χ2v) is 12.8. The Morgan fingerprint density at radius 3 is 1.76 bits per heavy atom. The molecule has 11 aromatic rings. The summed E-state index contributed by atoms with van der Waals surface area (Å²) in [5.74, 6) is 1.75. The molecule has 4 heterocycles. The summed E-state index contributed by atoms with van der Waals surface area (Å²) in [6.45, 7) is 0. The predicted molar refractivity (Wildman–Crippen MR) is 205 cm³/mol. The second-order valence-electron chi connectivity index (χ2n) is 12.8. The zero-order chi connectivity index (χ0) is 33.5. The Morgan fingerprint density at radius 1 is 0.373 bits per heavy atom. The Kier molecular flexibility index (Phi) is 5.86. The van der Waals surface area contributed by atoms with Crippen LogP contribution in [0.1, 0.15) is 0 Å². The molecule has 0 saturated heterocycles. The average molecular weight is 655 g/mol.